The quantitative estimate of drug-likeness (QED) is 0.289. The Kier molecular flexibility index (Phi) is 3.45. The molecule has 11 heavy (non-hydrogen) atoms. The summed E-state index contributed by atoms with van der Waals surface area (Å²) < 4.78 is 0. The smallest absolute Gasteiger partial charge is 0.106 e. The van der Waals surface area contributed by atoms with Crippen LogP contribution in [0.15, 0.2) is 10.1 Å². The SMILES string of the molecule is CN=C(C)C(=NN)[Si](C)(C)C. The van der Waals surface area contributed by atoms with Crippen molar-refractivity contribution < 1.29 is 0 Å². The molecule has 64 valence electrons. The van der Waals surface area contributed by atoms with Gasteiger partial charge >= 0.3 is 0 Å². The van der Waals surface area contributed by atoms with E-state index in [2.05, 4.69) is 29.7 Å². The lowest BCUT2D eigenvalue weighted by Gasteiger charge is -2.17. The maximum absolute atomic E-state index is 5.28. The van der Waals surface area contributed by atoms with Gasteiger partial charge in [0.25, 0.3) is 0 Å². The number of hydrogen-bond donors (Lipinski definition) is 1. The number of nitrogens with zero attached hydrogens (tertiary/aromatic N) is 2. The van der Waals surface area contributed by atoms with Crippen molar-refractivity contribution in [2.45, 2.75) is 26.6 Å². The summed E-state index contributed by atoms with van der Waals surface area (Å²) in [4.78, 5) is 4.07. The standard InChI is InChI=1S/C7H17N3Si/c1-6(9-2)7(10-8)11(3,4)5/h8H2,1-5H3. The largest absolute Gasteiger partial charge is 0.323 e. The molecule has 0 amide bonds. The Bertz CT molecular complexity index is 188. The Morgan fingerprint density at radius 1 is 1.27 bits per heavy atom. The van der Waals surface area contributed by atoms with Gasteiger partial charge < -0.3 is 5.84 Å². The van der Waals surface area contributed by atoms with Gasteiger partial charge in [0.05, 0.1) is 11.0 Å². The summed E-state index contributed by atoms with van der Waals surface area (Å²) in [5.74, 6) is 5.28. The van der Waals surface area contributed by atoms with Crippen LogP contribution in [-0.4, -0.2) is 26.2 Å². The lowest BCUT2D eigenvalue weighted by molar-refractivity contribution is 1.26. The van der Waals surface area contributed by atoms with E-state index in [1.54, 1.807) is 7.05 Å². The molecule has 0 unspecified atom stereocenters. The van der Waals surface area contributed by atoms with Crippen LogP contribution in [0, 0.1) is 0 Å². The van der Waals surface area contributed by atoms with Gasteiger partial charge in [-0.3, -0.25) is 4.99 Å². The highest BCUT2D eigenvalue weighted by Gasteiger charge is 2.23. The molecule has 0 saturated heterocycles. The molecule has 0 heterocycles. The molecule has 0 aromatic heterocycles. The first-order valence-electron chi connectivity index (χ1n) is 3.65. The molecule has 0 aromatic rings. The minimum atomic E-state index is -1.38. The Balaban J connectivity index is 4.73. The number of aliphatic imine (C=N–C) groups is 1. The van der Waals surface area contributed by atoms with Crippen LogP contribution in [0.5, 0.6) is 0 Å². The molecule has 3 nitrogen and oxygen atoms in total. The molecule has 0 aliphatic rings. The Hall–Kier alpha value is -0.643. The molecule has 0 rings (SSSR count). The molecule has 4 heteroatoms. The van der Waals surface area contributed by atoms with Crippen LogP contribution in [0.25, 0.3) is 0 Å². The molecule has 2 N–H and O–H groups in total. The maximum Gasteiger partial charge on any atom is 0.106 e. The third kappa shape index (κ3) is 2.84. The fourth-order valence-corrected chi connectivity index (χ4v) is 2.52. The third-order valence-corrected chi connectivity index (χ3v) is 3.43. The van der Waals surface area contributed by atoms with Gasteiger partial charge in [0.15, 0.2) is 0 Å². The van der Waals surface area contributed by atoms with Crippen LogP contribution >= 0.6 is 0 Å². The van der Waals surface area contributed by atoms with Crippen molar-refractivity contribution in [3.63, 3.8) is 0 Å². The zero-order valence-electron chi connectivity index (χ0n) is 7.97. The predicted molar refractivity (Wildman–Crippen MR) is 54.0 cm³/mol. The molecule has 0 saturated carbocycles. The Labute approximate surface area is 69.4 Å². The van der Waals surface area contributed by atoms with Gasteiger partial charge in [0.2, 0.25) is 0 Å². The third-order valence-electron chi connectivity index (χ3n) is 1.52. The van der Waals surface area contributed by atoms with E-state index >= 15 is 0 Å². The van der Waals surface area contributed by atoms with Crippen LogP contribution < -0.4 is 5.84 Å². The predicted octanol–water partition coefficient (Wildman–Crippen LogP) is 1.27. The average molecular weight is 171 g/mol. The fourth-order valence-electron chi connectivity index (χ4n) is 0.936. The zero-order valence-corrected chi connectivity index (χ0v) is 8.97. The monoisotopic (exact) mass is 171 g/mol. The van der Waals surface area contributed by atoms with Gasteiger partial charge in [0.1, 0.15) is 8.07 Å². The van der Waals surface area contributed by atoms with Gasteiger partial charge in [-0.05, 0) is 6.92 Å². The molecular formula is C7H17N3Si. The number of hydrazone groups is 1. The molecule has 0 aliphatic carbocycles. The summed E-state index contributed by atoms with van der Waals surface area (Å²) in [6.45, 7) is 8.55. The normalized spacial score (nSPS) is 15.4. The second-order valence-electron chi connectivity index (χ2n) is 3.54. The average Bonchev–Trinajstić information content (AvgIpc) is 1.86. The van der Waals surface area contributed by atoms with Crippen molar-refractivity contribution in [1.29, 1.82) is 0 Å². The Morgan fingerprint density at radius 3 is 1.82 bits per heavy atom. The van der Waals surface area contributed by atoms with Crippen LogP contribution in [0.4, 0.5) is 0 Å². The molecular weight excluding hydrogens is 154 g/mol. The molecule has 0 radical (unpaired) electrons. The first-order valence-corrected chi connectivity index (χ1v) is 7.15. The van der Waals surface area contributed by atoms with Gasteiger partial charge in [-0.15, -0.1) is 0 Å². The van der Waals surface area contributed by atoms with Crippen molar-refractivity contribution in [3.8, 4) is 0 Å². The van der Waals surface area contributed by atoms with E-state index in [4.69, 9.17) is 5.84 Å². The van der Waals surface area contributed by atoms with Gasteiger partial charge in [-0.1, -0.05) is 19.6 Å². The first-order chi connectivity index (χ1) is 4.93. The topological polar surface area (TPSA) is 50.7 Å². The van der Waals surface area contributed by atoms with Crippen molar-refractivity contribution in [2.24, 2.45) is 15.9 Å². The van der Waals surface area contributed by atoms with Gasteiger partial charge in [-0.25, -0.2) is 0 Å². The van der Waals surface area contributed by atoms with E-state index in [9.17, 15) is 0 Å². The highest BCUT2D eigenvalue weighted by Crippen LogP contribution is 2.04. The van der Waals surface area contributed by atoms with Gasteiger partial charge in [-0.2, -0.15) is 5.10 Å². The fraction of sp³-hybridized carbons (Fsp3) is 0.714. The number of rotatable bonds is 2. The van der Waals surface area contributed by atoms with Crippen molar-refractivity contribution in [2.75, 3.05) is 7.05 Å². The number of nitrogens with two attached hydrogens (primary N) is 1. The Morgan fingerprint density at radius 2 is 1.73 bits per heavy atom. The molecule has 0 aliphatic heterocycles. The lowest BCUT2D eigenvalue weighted by atomic mass is 10.5. The van der Waals surface area contributed by atoms with Crippen LogP contribution in [-0.2, 0) is 0 Å². The molecule has 0 aromatic carbocycles. The second-order valence-corrected chi connectivity index (χ2v) is 8.51. The van der Waals surface area contributed by atoms with E-state index in [1.165, 1.54) is 0 Å². The zero-order chi connectivity index (χ0) is 9.07. The van der Waals surface area contributed by atoms with E-state index in [1.807, 2.05) is 6.92 Å². The van der Waals surface area contributed by atoms with E-state index in [-0.39, 0.29) is 0 Å². The summed E-state index contributed by atoms with van der Waals surface area (Å²) in [5.41, 5.74) is 0.965. The van der Waals surface area contributed by atoms with Crippen LogP contribution in [0.3, 0.4) is 0 Å². The minimum Gasteiger partial charge on any atom is -0.323 e. The molecule has 0 fully saturated rings. The summed E-state index contributed by atoms with van der Waals surface area (Å²) >= 11 is 0. The molecule has 0 spiro atoms. The van der Waals surface area contributed by atoms with Crippen LogP contribution in [0.2, 0.25) is 19.6 Å². The van der Waals surface area contributed by atoms with Crippen molar-refractivity contribution in [1.82, 2.24) is 0 Å². The van der Waals surface area contributed by atoms with Crippen molar-refractivity contribution in [3.05, 3.63) is 0 Å². The van der Waals surface area contributed by atoms with Gasteiger partial charge in [0, 0.05) is 7.05 Å². The van der Waals surface area contributed by atoms with E-state index in [0.29, 0.717) is 0 Å². The van der Waals surface area contributed by atoms with Crippen LogP contribution in [0.1, 0.15) is 6.92 Å². The summed E-state index contributed by atoms with van der Waals surface area (Å²) in [6, 6.07) is 0. The van der Waals surface area contributed by atoms with Crippen molar-refractivity contribution >= 4 is 19.1 Å². The first kappa shape index (κ1) is 10.4. The summed E-state index contributed by atoms with van der Waals surface area (Å²) in [6.07, 6.45) is 0. The number of hydrogen-bond acceptors (Lipinski definition) is 3. The minimum absolute atomic E-state index is 0.965. The molecule has 0 bridgehead atoms. The van der Waals surface area contributed by atoms with E-state index < -0.39 is 8.07 Å². The summed E-state index contributed by atoms with van der Waals surface area (Å²) in [5, 5.41) is 4.78. The lowest BCUT2D eigenvalue weighted by Crippen LogP contribution is -2.39. The highest BCUT2D eigenvalue weighted by atomic mass is 28.3. The highest BCUT2D eigenvalue weighted by molar-refractivity contribution is 7.13. The molecule has 0 atom stereocenters. The summed E-state index contributed by atoms with van der Waals surface area (Å²) in [7, 11) is 0.388. The second kappa shape index (κ2) is 3.66. The van der Waals surface area contributed by atoms with E-state index in [0.717, 1.165) is 11.0 Å². The maximum atomic E-state index is 5.28.